The molecular formula is C17H22N2O5. The van der Waals surface area contributed by atoms with E-state index in [1.54, 1.807) is 31.4 Å². The van der Waals surface area contributed by atoms with Crippen LogP contribution in [0.4, 0.5) is 5.69 Å². The highest BCUT2D eigenvalue weighted by Gasteiger charge is 2.40. The lowest BCUT2D eigenvalue weighted by Gasteiger charge is -2.22. The first kappa shape index (κ1) is 17.9. The van der Waals surface area contributed by atoms with Gasteiger partial charge < -0.3 is 19.7 Å². The van der Waals surface area contributed by atoms with Gasteiger partial charge in [-0.3, -0.25) is 9.59 Å². The molecule has 0 radical (unpaired) electrons. The average Bonchev–Trinajstić information content (AvgIpc) is 3.00. The number of benzene rings is 1. The number of nitrogens with one attached hydrogen (secondary N) is 1. The van der Waals surface area contributed by atoms with E-state index in [1.807, 2.05) is 0 Å². The van der Waals surface area contributed by atoms with E-state index in [-0.39, 0.29) is 24.3 Å². The number of nitrogens with zero attached hydrogens (tertiary/aromatic N) is 1. The molecule has 2 rings (SSSR count). The van der Waals surface area contributed by atoms with Gasteiger partial charge in [-0.05, 0) is 17.7 Å². The second-order valence-electron chi connectivity index (χ2n) is 5.73. The topological polar surface area (TPSA) is 84.9 Å². The van der Waals surface area contributed by atoms with Crippen molar-refractivity contribution in [3.63, 3.8) is 0 Å². The zero-order chi connectivity index (χ0) is 17.7. The Kier molecular flexibility index (Phi) is 5.92. The van der Waals surface area contributed by atoms with Crippen LogP contribution < -0.4 is 5.32 Å². The Balaban J connectivity index is 2.04. The summed E-state index contributed by atoms with van der Waals surface area (Å²) in [5.74, 6) is -0.733. The maximum atomic E-state index is 12.6. The Labute approximate surface area is 140 Å². The van der Waals surface area contributed by atoms with Crippen molar-refractivity contribution in [2.45, 2.75) is 31.9 Å². The average molecular weight is 334 g/mol. The minimum atomic E-state index is -0.605. The summed E-state index contributed by atoms with van der Waals surface area (Å²) in [6.45, 7) is 1.81. The molecule has 2 unspecified atom stereocenters. The molecule has 0 aliphatic carbocycles. The van der Waals surface area contributed by atoms with E-state index in [4.69, 9.17) is 9.47 Å². The van der Waals surface area contributed by atoms with Gasteiger partial charge in [0.2, 0.25) is 11.8 Å². The Morgan fingerprint density at radius 2 is 1.88 bits per heavy atom. The fourth-order valence-electron chi connectivity index (χ4n) is 2.79. The quantitative estimate of drug-likeness (QED) is 0.811. The number of carbonyl (C=O) groups excluding carboxylic acids is 3. The zero-order valence-corrected chi connectivity index (χ0v) is 14.1. The van der Waals surface area contributed by atoms with Gasteiger partial charge in [0.15, 0.2) is 0 Å². The smallest absolute Gasteiger partial charge is 0.328 e. The number of hydrogen-bond donors (Lipinski definition) is 1. The molecule has 1 saturated heterocycles. The summed E-state index contributed by atoms with van der Waals surface area (Å²) in [6.07, 6.45) is 0.445. The van der Waals surface area contributed by atoms with E-state index in [9.17, 15) is 14.4 Å². The molecule has 0 saturated carbocycles. The molecule has 0 bridgehead atoms. The largest absolute Gasteiger partial charge is 0.467 e. The van der Waals surface area contributed by atoms with Gasteiger partial charge in [-0.25, -0.2) is 4.79 Å². The molecule has 1 fully saturated rings. The third kappa shape index (κ3) is 4.32. The molecule has 1 heterocycles. The fourth-order valence-corrected chi connectivity index (χ4v) is 2.79. The molecule has 1 aliphatic rings. The summed E-state index contributed by atoms with van der Waals surface area (Å²) < 4.78 is 10.1. The van der Waals surface area contributed by atoms with E-state index in [2.05, 4.69) is 5.32 Å². The van der Waals surface area contributed by atoms with Gasteiger partial charge in [-0.1, -0.05) is 12.1 Å². The Bertz CT molecular complexity index is 614. The van der Waals surface area contributed by atoms with Crippen LogP contribution >= 0.6 is 0 Å². The van der Waals surface area contributed by atoms with Crippen LogP contribution in [-0.4, -0.2) is 55.6 Å². The van der Waals surface area contributed by atoms with Gasteiger partial charge in [-0.15, -0.1) is 0 Å². The highest BCUT2D eigenvalue weighted by atomic mass is 16.5. The van der Waals surface area contributed by atoms with E-state index < -0.39 is 12.0 Å². The first-order chi connectivity index (χ1) is 11.4. The maximum absolute atomic E-state index is 12.6. The van der Waals surface area contributed by atoms with Gasteiger partial charge in [0.05, 0.1) is 19.6 Å². The number of rotatable bonds is 5. The first-order valence-corrected chi connectivity index (χ1v) is 7.71. The van der Waals surface area contributed by atoms with Gasteiger partial charge in [0.25, 0.3) is 0 Å². The SMILES string of the molecule is COC(=O)C1CC(OC)CN1C(=O)Cc1ccc(NC(C)=O)cc1. The summed E-state index contributed by atoms with van der Waals surface area (Å²) in [5, 5.41) is 2.67. The lowest BCUT2D eigenvalue weighted by molar-refractivity contribution is -0.150. The zero-order valence-electron chi connectivity index (χ0n) is 14.1. The van der Waals surface area contributed by atoms with Crippen molar-refractivity contribution in [2.24, 2.45) is 0 Å². The number of methoxy groups -OCH3 is 2. The highest BCUT2D eigenvalue weighted by Crippen LogP contribution is 2.22. The van der Waals surface area contributed by atoms with Crippen LogP contribution in [0.3, 0.4) is 0 Å². The molecule has 2 amide bonds. The summed E-state index contributed by atoms with van der Waals surface area (Å²) in [7, 11) is 2.87. The van der Waals surface area contributed by atoms with Gasteiger partial charge in [0, 0.05) is 32.7 Å². The third-order valence-electron chi connectivity index (χ3n) is 4.02. The summed E-state index contributed by atoms with van der Waals surface area (Å²) in [5.41, 5.74) is 1.48. The van der Waals surface area contributed by atoms with Crippen LogP contribution in [0.1, 0.15) is 18.9 Å². The predicted molar refractivity (Wildman–Crippen MR) is 87.4 cm³/mol. The second-order valence-corrected chi connectivity index (χ2v) is 5.73. The van der Waals surface area contributed by atoms with Gasteiger partial charge in [0.1, 0.15) is 6.04 Å². The van der Waals surface area contributed by atoms with Crippen molar-refractivity contribution in [2.75, 3.05) is 26.1 Å². The normalized spacial score (nSPS) is 19.9. The number of carbonyl (C=O) groups is 3. The molecule has 0 spiro atoms. The van der Waals surface area contributed by atoms with E-state index in [0.717, 1.165) is 5.56 Å². The molecule has 0 aromatic heterocycles. The Morgan fingerprint density at radius 1 is 1.21 bits per heavy atom. The van der Waals surface area contributed by atoms with Crippen molar-refractivity contribution >= 4 is 23.5 Å². The molecule has 1 N–H and O–H groups in total. The predicted octanol–water partition coefficient (Wildman–Crippen LogP) is 0.976. The van der Waals surface area contributed by atoms with Crippen LogP contribution in [0.5, 0.6) is 0 Å². The summed E-state index contributed by atoms with van der Waals surface area (Å²) in [4.78, 5) is 37.0. The third-order valence-corrected chi connectivity index (χ3v) is 4.02. The number of hydrogen-bond acceptors (Lipinski definition) is 5. The number of anilines is 1. The Morgan fingerprint density at radius 3 is 2.42 bits per heavy atom. The molecule has 1 aromatic carbocycles. The van der Waals surface area contributed by atoms with Crippen molar-refractivity contribution < 1.29 is 23.9 Å². The van der Waals surface area contributed by atoms with Crippen LogP contribution in [0.15, 0.2) is 24.3 Å². The van der Waals surface area contributed by atoms with E-state index >= 15 is 0 Å². The van der Waals surface area contributed by atoms with Crippen molar-refractivity contribution in [3.8, 4) is 0 Å². The van der Waals surface area contributed by atoms with Crippen molar-refractivity contribution in [3.05, 3.63) is 29.8 Å². The lowest BCUT2D eigenvalue weighted by atomic mass is 10.1. The first-order valence-electron chi connectivity index (χ1n) is 7.71. The lowest BCUT2D eigenvalue weighted by Crippen LogP contribution is -2.42. The fraction of sp³-hybridized carbons (Fsp3) is 0.471. The number of amides is 2. The number of ether oxygens (including phenoxy) is 2. The molecule has 2 atom stereocenters. The molecule has 1 aromatic rings. The molecule has 7 heteroatoms. The molecule has 1 aliphatic heterocycles. The minimum absolute atomic E-state index is 0.151. The monoisotopic (exact) mass is 334 g/mol. The van der Waals surface area contributed by atoms with Crippen LogP contribution in [-0.2, 0) is 30.3 Å². The highest BCUT2D eigenvalue weighted by molar-refractivity contribution is 5.89. The molecule has 7 nitrogen and oxygen atoms in total. The second kappa shape index (κ2) is 7.92. The maximum Gasteiger partial charge on any atom is 0.328 e. The Hall–Kier alpha value is -2.41. The van der Waals surface area contributed by atoms with Crippen molar-refractivity contribution in [1.29, 1.82) is 0 Å². The standard InChI is InChI=1S/C17H22N2O5/c1-11(20)18-13-6-4-12(5-7-13)8-16(21)19-10-14(23-2)9-15(19)17(22)24-3/h4-7,14-15H,8-10H2,1-3H3,(H,18,20). The van der Waals surface area contributed by atoms with Crippen molar-refractivity contribution in [1.82, 2.24) is 4.90 Å². The van der Waals surface area contributed by atoms with Gasteiger partial charge >= 0.3 is 5.97 Å². The number of esters is 1. The van der Waals surface area contributed by atoms with E-state index in [0.29, 0.717) is 18.7 Å². The van der Waals surface area contributed by atoms with Crippen LogP contribution in [0.25, 0.3) is 0 Å². The van der Waals surface area contributed by atoms with Crippen LogP contribution in [0, 0.1) is 0 Å². The molecule has 130 valence electrons. The van der Waals surface area contributed by atoms with E-state index in [1.165, 1.54) is 18.9 Å². The molecular weight excluding hydrogens is 312 g/mol. The van der Waals surface area contributed by atoms with Gasteiger partial charge in [-0.2, -0.15) is 0 Å². The summed E-state index contributed by atoms with van der Waals surface area (Å²) >= 11 is 0. The molecule has 24 heavy (non-hydrogen) atoms. The summed E-state index contributed by atoms with van der Waals surface area (Å²) in [6, 6.07) is 6.43. The minimum Gasteiger partial charge on any atom is -0.467 e. The number of likely N-dealkylation sites (tertiary alicyclic amines) is 1. The van der Waals surface area contributed by atoms with Crippen LogP contribution in [0.2, 0.25) is 0 Å².